The van der Waals surface area contributed by atoms with Crippen LogP contribution in [-0.4, -0.2) is 63.5 Å². The second-order valence-electron chi connectivity index (χ2n) is 10.7. The molecule has 43 heavy (non-hydrogen) atoms. The van der Waals surface area contributed by atoms with Gasteiger partial charge in [0.2, 0.25) is 0 Å². The lowest BCUT2D eigenvalue weighted by Crippen LogP contribution is -2.33. The molecule has 1 saturated heterocycles. The molecule has 1 amide bonds. The van der Waals surface area contributed by atoms with Gasteiger partial charge in [0.25, 0.3) is 5.91 Å². The van der Waals surface area contributed by atoms with Gasteiger partial charge in [-0.1, -0.05) is 0 Å². The number of hydrogen-bond donors (Lipinski definition) is 2. The third-order valence-electron chi connectivity index (χ3n) is 7.89. The molecule has 0 atom stereocenters. The smallest absolute Gasteiger partial charge is 0.256 e. The molecule has 7 rings (SSSR count). The summed E-state index contributed by atoms with van der Waals surface area (Å²) in [4.78, 5) is 23.6. The van der Waals surface area contributed by atoms with Gasteiger partial charge in [0.05, 0.1) is 28.8 Å². The first-order valence-electron chi connectivity index (χ1n) is 14.1. The molecule has 0 spiro atoms. The number of aryl methyl sites for hydroxylation is 1. The van der Waals surface area contributed by atoms with Crippen LogP contribution in [0.1, 0.15) is 40.5 Å². The van der Waals surface area contributed by atoms with Gasteiger partial charge in [0.15, 0.2) is 11.5 Å². The van der Waals surface area contributed by atoms with E-state index in [4.69, 9.17) is 10.2 Å². The number of halogens is 1. The maximum absolute atomic E-state index is 13.9. The SMILES string of the molecule is Cn1nc(-c2ccc(F)cc2)c(-c2ccc3nc(NC(=O)c4ccncc4)cn3n2)c1C1CCN(Cc2cc[nH]n2)CC1. The number of imidazole rings is 1. The highest BCUT2D eigenvalue weighted by Gasteiger charge is 2.30. The first kappa shape index (κ1) is 26.7. The lowest BCUT2D eigenvalue weighted by atomic mass is 9.88. The topological polar surface area (TPSA) is 122 Å². The van der Waals surface area contributed by atoms with E-state index in [2.05, 4.69) is 30.4 Å². The maximum atomic E-state index is 13.9. The Hall–Kier alpha value is -5.23. The number of H-pyrrole nitrogens is 1. The number of nitrogens with one attached hydrogen (secondary N) is 2. The summed E-state index contributed by atoms with van der Waals surface area (Å²) >= 11 is 0. The highest BCUT2D eigenvalue weighted by Crippen LogP contribution is 2.40. The second kappa shape index (κ2) is 11.2. The zero-order valence-corrected chi connectivity index (χ0v) is 23.5. The molecule has 0 unspecified atom stereocenters. The highest BCUT2D eigenvalue weighted by atomic mass is 19.1. The summed E-state index contributed by atoms with van der Waals surface area (Å²) < 4.78 is 17.5. The predicted octanol–water partition coefficient (Wildman–Crippen LogP) is 4.69. The molecule has 0 aliphatic carbocycles. The van der Waals surface area contributed by atoms with Crippen LogP contribution in [0.3, 0.4) is 0 Å². The summed E-state index contributed by atoms with van der Waals surface area (Å²) in [6.07, 6.45) is 8.60. The number of anilines is 1. The molecule has 1 aromatic carbocycles. The molecule has 0 radical (unpaired) electrons. The molecule has 1 aliphatic rings. The fraction of sp³-hybridized carbons (Fsp3) is 0.226. The van der Waals surface area contributed by atoms with Gasteiger partial charge < -0.3 is 5.32 Å². The van der Waals surface area contributed by atoms with Crippen LogP contribution in [0.4, 0.5) is 10.2 Å². The minimum atomic E-state index is -0.301. The molecular formula is C31H29FN10O. The van der Waals surface area contributed by atoms with E-state index in [-0.39, 0.29) is 17.6 Å². The summed E-state index contributed by atoms with van der Waals surface area (Å²) in [6, 6.07) is 15.5. The van der Waals surface area contributed by atoms with Gasteiger partial charge >= 0.3 is 0 Å². The van der Waals surface area contributed by atoms with E-state index in [9.17, 15) is 9.18 Å². The van der Waals surface area contributed by atoms with E-state index in [0.717, 1.165) is 66.4 Å². The van der Waals surface area contributed by atoms with Gasteiger partial charge in [0.1, 0.15) is 11.5 Å². The van der Waals surface area contributed by atoms with Crippen molar-refractivity contribution < 1.29 is 9.18 Å². The van der Waals surface area contributed by atoms with Crippen molar-refractivity contribution in [1.29, 1.82) is 0 Å². The van der Waals surface area contributed by atoms with Gasteiger partial charge in [-0.2, -0.15) is 15.3 Å². The fourth-order valence-corrected chi connectivity index (χ4v) is 5.81. The minimum absolute atomic E-state index is 0.257. The maximum Gasteiger partial charge on any atom is 0.256 e. The van der Waals surface area contributed by atoms with Crippen LogP contribution in [0.2, 0.25) is 0 Å². The van der Waals surface area contributed by atoms with Crippen molar-refractivity contribution in [2.75, 3.05) is 18.4 Å². The molecule has 2 N–H and O–H groups in total. The monoisotopic (exact) mass is 576 g/mol. The largest absolute Gasteiger partial charge is 0.305 e. The van der Waals surface area contributed by atoms with Crippen molar-refractivity contribution in [3.8, 4) is 22.5 Å². The minimum Gasteiger partial charge on any atom is -0.305 e. The summed E-state index contributed by atoms with van der Waals surface area (Å²) in [5, 5.41) is 19.9. The van der Waals surface area contributed by atoms with E-state index in [1.54, 1.807) is 47.4 Å². The Kier molecular flexibility index (Phi) is 6.95. The van der Waals surface area contributed by atoms with E-state index in [0.29, 0.717) is 17.0 Å². The second-order valence-corrected chi connectivity index (χ2v) is 10.7. The molecule has 1 aliphatic heterocycles. The van der Waals surface area contributed by atoms with Crippen LogP contribution < -0.4 is 5.32 Å². The summed E-state index contributed by atoms with van der Waals surface area (Å²) in [5.74, 6) is 0.0661. The molecule has 12 heteroatoms. The zero-order valence-electron chi connectivity index (χ0n) is 23.5. The van der Waals surface area contributed by atoms with Crippen LogP contribution in [0.15, 0.2) is 79.4 Å². The molecular weight excluding hydrogens is 547 g/mol. The fourth-order valence-electron chi connectivity index (χ4n) is 5.81. The number of amides is 1. The standard InChI is InChI=1S/C31H29FN10O/c1-40-30(21-11-16-41(17-12-21)18-24-10-15-34-37-24)28(29(39-40)20-2-4-23(32)5-3-20)25-6-7-27-35-26(19-42(27)38-25)36-31(43)22-8-13-33-14-9-22/h2-10,13-15,19,21H,11-12,16-18H2,1H3,(H,34,37)(H,36,43). The predicted molar refractivity (Wildman–Crippen MR) is 159 cm³/mol. The third-order valence-corrected chi connectivity index (χ3v) is 7.89. The van der Waals surface area contributed by atoms with Crippen molar-refractivity contribution in [2.45, 2.75) is 25.3 Å². The third kappa shape index (κ3) is 5.40. The van der Waals surface area contributed by atoms with E-state index in [1.165, 1.54) is 12.1 Å². The first-order chi connectivity index (χ1) is 21.0. The summed E-state index contributed by atoms with van der Waals surface area (Å²) in [7, 11) is 1.96. The Morgan fingerprint density at radius 2 is 1.81 bits per heavy atom. The lowest BCUT2D eigenvalue weighted by Gasteiger charge is -2.32. The van der Waals surface area contributed by atoms with Crippen LogP contribution >= 0.6 is 0 Å². The Morgan fingerprint density at radius 3 is 2.56 bits per heavy atom. The number of aromatic nitrogens is 8. The Balaban J connectivity index is 1.23. The van der Waals surface area contributed by atoms with Gasteiger partial charge in [-0.25, -0.2) is 13.9 Å². The number of carbonyl (C=O) groups is 1. The van der Waals surface area contributed by atoms with E-state index >= 15 is 0 Å². The molecule has 0 bridgehead atoms. The number of benzene rings is 1. The highest BCUT2D eigenvalue weighted by molar-refractivity contribution is 6.03. The number of fused-ring (bicyclic) bond motifs is 1. The molecule has 5 aromatic heterocycles. The quantitative estimate of drug-likeness (QED) is 0.283. The van der Waals surface area contributed by atoms with Gasteiger partial charge in [0, 0.05) is 49.2 Å². The van der Waals surface area contributed by atoms with Gasteiger partial charge in [-0.3, -0.25) is 24.5 Å². The molecule has 6 aromatic rings. The van der Waals surface area contributed by atoms with Crippen molar-refractivity contribution >= 4 is 17.4 Å². The van der Waals surface area contributed by atoms with Crippen LogP contribution in [0.5, 0.6) is 0 Å². The number of carbonyl (C=O) groups excluding carboxylic acids is 1. The molecule has 6 heterocycles. The Bertz CT molecular complexity index is 1870. The van der Waals surface area contributed by atoms with Crippen LogP contribution in [0.25, 0.3) is 28.2 Å². The molecule has 11 nitrogen and oxygen atoms in total. The number of likely N-dealkylation sites (tertiary alicyclic amines) is 1. The number of nitrogens with zero attached hydrogens (tertiary/aromatic N) is 8. The van der Waals surface area contributed by atoms with Crippen LogP contribution in [-0.2, 0) is 13.6 Å². The van der Waals surface area contributed by atoms with Crippen LogP contribution in [0, 0.1) is 5.82 Å². The molecule has 0 saturated carbocycles. The first-order valence-corrected chi connectivity index (χ1v) is 14.1. The van der Waals surface area contributed by atoms with Crippen molar-refractivity contribution in [1.82, 2.24) is 44.5 Å². The van der Waals surface area contributed by atoms with E-state index < -0.39 is 0 Å². The van der Waals surface area contributed by atoms with Gasteiger partial charge in [-0.05, 0) is 80.5 Å². The summed E-state index contributed by atoms with van der Waals surface area (Å²) in [6.45, 7) is 2.68. The number of hydrogen-bond acceptors (Lipinski definition) is 7. The van der Waals surface area contributed by atoms with Crippen molar-refractivity contribution in [3.63, 3.8) is 0 Å². The average Bonchev–Trinajstić information content (AvgIpc) is 3.77. The average molecular weight is 577 g/mol. The number of piperidine rings is 1. The molecule has 1 fully saturated rings. The van der Waals surface area contributed by atoms with Gasteiger partial charge in [-0.15, -0.1) is 0 Å². The molecule has 216 valence electrons. The van der Waals surface area contributed by atoms with E-state index in [1.807, 2.05) is 36.1 Å². The van der Waals surface area contributed by atoms with Crippen molar-refractivity contribution in [3.05, 3.63) is 102 Å². The lowest BCUT2D eigenvalue weighted by molar-refractivity contribution is 0.102. The number of pyridine rings is 1. The normalized spacial score (nSPS) is 14.4. The summed E-state index contributed by atoms with van der Waals surface area (Å²) in [5.41, 5.74) is 6.40. The Labute approximate surface area is 246 Å². The van der Waals surface area contributed by atoms with Crippen molar-refractivity contribution in [2.24, 2.45) is 7.05 Å². The zero-order chi connectivity index (χ0) is 29.3. The number of rotatable bonds is 7. The number of aromatic amines is 1. The Morgan fingerprint density at radius 1 is 1.02 bits per heavy atom.